The van der Waals surface area contributed by atoms with Crippen LogP contribution >= 0.6 is 0 Å². The van der Waals surface area contributed by atoms with Crippen molar-refractivity contribution in [3.63, 3.8) is 0 Å². The summed E-state index contributed by atoms with van der Waals surface area (Å²) in [6.45, 7) is 4.07. The number of fused-ring (bicyclic) bond motifs is 1. The summed E-state index contributed by atoms with van der Waals surface area (Å²) in [5.74, 6) is 0.613. The van der Waals surface area contributed by atoms with Crippen LogP contribution in [0.1, 0.15) is 11.1 Å². The Hall–Kier alpha value is -2.89. The zero-order valence-electron chi connectivity index (χ0n) is 11.7. The standard InChI is InChI=1S/C15H14N4O2/c1-8-5-13-14(6-9(8)2)18-15(17-13)11-4-3-10(19(20)21)7-12(11)16/h3-7H,16H2,1-2H3,(H,17,18). The van der Waals surface area contributed by atoms with Crippen molar-refractivity contribution in [1.82, 2.24) is 9.97 Å². The average molecular weight is 282 g/mol. The number of nitrogens with one attached hydrogen (secondary N) is 1. The first-order valence-corrected chi connectivity index (χ1v) is 6.47. The Morgan fingerprint density at radius 2 is 1.90 bits per heavy atom. The average Bonchev–Trinajstić information content (AvgIpc) is 2.81. The van der Waals surface area contributed by atoms with Gasteiger partial charge in [0.15, 0.2) is 0 Å². The molecule has 1 heterocycles. The van der Waals surface area contributed by atoms with Crippen molar-refractivity contribution in [3.8, 4) is 11.4 Å². The second kappa shape index (κ2) is 4.59. The van der Waals surface area contributed by atoms with Gasteiger partial charge in [-0.25, -0.2) is 4.98 Å². The van der Waals surface area contributed by atoms with Gasteiger partial charge in [-0.2, -0.15) is 0 Å². The Kier molecular flexibility index (Phi) is 2.86. The summed E-state index contributed by atoms with van der Waals surface area (Å²) in [5, 5.41) is 10.7. The molecule has 6 nitrogen and oxygen atoms in total. The van der Waals surface area contributed by atoms with Crippen LogP contribution in [-0.4, -0.2) is 14.9 Å². The van der Waals surface area contributed by atoms with Crippen LogP contribution in [0, 0.1) is 24.0 Å². The first kappa shape index (κ1) is 13.1. The lowest BCUT2D eigenvalue weighted by Crippen LogP contribution is -1.94. The molecule has 3 rings (SSSR count). The van der Waals surface area contributed by atoms with Gasteiger partial charge in [0.05, 0.1) is 16.0 Å². The molecule has 0 spiro atoms. The Morgan fingerprint density at radius 3 is 2.57 bits per heavy atom. The Morgan fingerprint density at radius 1 is 1.19 bits per heavy atom. The highest BCUT2D eigenvalue weighted by atomic mass is 16.6. The molecule has 0 saturated heterocycles. The van der Waals surface area contributed by atoms with Crippen LogP contribution in [0.4, 0.5) is 11.4 Å². The number of nitro groups is 1. The highest BCUT2D eigenvalue weighted by Gasteiger charge is 2.13. The minimum atomic E-state index is -0.467. The van der Waals surface area contributed by atoms with Gasteiger partial charge in [-0.05, 0) is 43.2 Å². The van der Waals surface area contributed by atoms with Crippen molar-refractivity contribution < 1.29 is 4.92 Å². The van der Waals surface area contributed by atoms with Crippen molar-refractivity contribution in [3.05, 3.63) is 51.6 Å². The van der Waals surface area contributed by atoms with E-state index in [2.05, 4.69) is 9.97 Å². The molecule has 21 heavy (non-hydrogen) atoms. The quantitative estimate of drug-likeness (QED) is 0.428. The van der Waals surface area contributed by atoms with E-state index >= 15 is 0 Å². The predicted molar refractivity (Wildman–Crippen MR) is 82.1 cm³/mol. The van der Waals surface area contributed by atoms with Crippen LogP contribution in [0.15, 0.2) is 30.3 Å². The number of aryl methyl sites for hydroxylation is 2. The number of nitrogens with two attached hydrogens (primary N) is 1. The molecule has 1 aromatic heterocycles. The monoisotopic (exact) mass is 282 g/mol. The Labute approximate surface area is 120 Å². The van der Waals surface area contributed by atoms with Gasteiger partial charge in [0.1, 0.15) is 5.82 Å². The largest absolute Gasteiger partial charge is 0.398 e. The van der Waals surface area contributed by atoms with Crippen molar-refractivity contribution in [1.29, 1.82) is 0 Å². The van der Waals surface area contributed by atoms with Gasteiger partial charge in [0.2, 0.25) is 0 Å². The molecule has 0 aliphatic carbocycles. The van der Waals surface area contributed by atoms with E-state index in [0.29, 0.717) is 17.1 Å². The number of non-ortho nitro benzene ring substituents is 1. The van der Waals surface area contributed by atoms with Gasteiger partial charge in [-0.3, -0.25) is 10.1 Å². The molecule has 6 heteroatoms. The minimum Gasteiger partial charge on any atom is -0.398 e. The summed E-state index contributed by atoms with van der Waals surface area (Å²) in [6.07, 6.45) is 0. The number of imidazole rings is 1. The number of nitro benzene ring substituents is 1. The normalized spacial score (nSPS) is 11.0. The molecular weight excluding hydrogens is 268 g/mol. The molecule has 3 aromatic rings. The maximum absolute atomic E-state index is 10.7. The third kappa shape index (κ3) is 2.20. The number of H-pyrrole nitrogens is 1. The molecule has 0 unspecified atom stereocenters. The first-order chi connectivity index (χ1) is 9.95. The molecule has 0 atom stereocenters. The lowest BCUT2D eigenvalue weighted by Gasteiger charge is -2.01. The highest BCUT2D eigenvalue weighted by Crippen LogP contribution is 2.29. The van der Waals surface area contributed by atoms with E-state index in [1.807, 2.05) is 26.0 Å². The summed E-state index contributed by atoms with van der Waals surface area (Å²) >= 11 is 0. The summed E-state index contributed by atoms with van der Waals surface area (Å²) in [5.41, 5.74) is 11.0. The molecular formula is C15H14N4O2. The maximum Gasteiger partial charge on any atom is 0.271 e. The molecule has 3 N–H and O–H groups in total. The molecule has 0 aliphatic heterocycles. The van der Waals surface area contributed by atoms with Crippen molar-refractivity contribution in [2.24, 2.45) is 0 Å². The fourth-order valence-electron chi connectivity index (χ4n) is 2.28. The maximum atomic E-state index is 10.7. The van der Waals surface area contributed by atoms with E-state index in [-0.39, 0.29) is 5.69 Å². The minimum absolute atomic E-state index is 0.0287. The Bertz CT molecular complexity index is 828. The van der Waals surface area contributed by atoms with Crippen molar-refractivity contribution >= 4 is 22.4 Å². The number of aromatic nitrogens is 2. The smallest absolute Gasteiger partial charge is 0.271 e. The van der Waals surface area contributed by atoms with Crippen LogP contribution < -0.4 is 5.73 Å². The zero-order valence-corrected chi connectivity index (χ0v) is 11.7. The third-order valence-corrected chi connectivity index (χ3v) is 3.60. The number of rotatable bonds is 2. The Balaban J connectivity index is 2.14. The molecule has 2 aromatic carbocycles. The summed E-state index contributed by atoms with van der Waals surface area (Å²) in [6, 6.07) is 8.42. The molecule has 0 fully saturated rings. The fourth-order valence-corrected chi connectivity index (χ4v) is 2.28. The van der Waals surface area contributed by atoms with Gasteiger partial charge >= 0.3 is 0 Å². The zero-order chi connectivity index (χ0) is 15.1. The molecule has 0 saturated carbocycles. The molecule has 0 aliphatic rings. The van der Waals surface area contributed by atoms with Gasteiger partial charge in [0.25, 0.3) is 5.69 Å². The molecule has 0 bridgehead atoms. The van der Waals surface area contributed by atoms with Crippen LogP contribution in [0.25, 0.3) is 22.4 Å². The number of nitrogens with zero attached hydrogens (tertiary/aromatic N) is 2. The van der Waals surface area contributed by atoms with Gasteiger partial charge < -0.3 is 10.7 Å². The van der Waals surface area contributed by atoms with Crippen LogP contribution in [0.5, 0.6) is 0 Å². The number of anilines is 1. The second-order valence-corrected chi connectivity index (χ2v) is 5.07. The van der Waals surface area contributed by atoms with Gasteiger partial charge in [-0.15, -0.1) is 0 Å². The van der Waals surface area contributed by atoms with E-state index in [0.717, 1.165) is 16.6 Å². The van der Waals surface area contributed by atoms with E-state index in [4.69, 9.17) is 5.73 Å². The van der Waals surface area contributed by atoms with E-state index in [1.54, 1.807) is 6.07 Å². The van der Waals surface area contributed by atoms with Gasteiger partial charge in [-0.1, -0.05) is 0 Å². The molecule has 0 amide bonds. The van der Waals surface area contributed by atoms with Crippen LogP contribution in [0.3, 0.4) is 0 Å². The lowest BCUT2D eigenvalue weighted by atomic mass is 10.1. The molecule has 0 radical (unpaired) electrons. The summed E-state index contributed by atoms with van der Waals surface area (Å²) in [7, 11) is 0. The van der Waals surface area contributed by atoms with Crippen molar-refractivity contribution in [2.45, 2.75) is 13.8 Å². The summed E-state index contributed by atoms with van der Waals surface area (Å²) in [4.78, 5) is 18.0. The lowest BCUT2D eigenvalue weighted by molar-refractivity contribution is -0.384. The van der Waals surface area contributed by atoms with E-state index in [1.165, 1.54) is 17.7 Å². The topological polar surface area (TPSA) is 97.8 Å². The van der Waals surface area contributed by atoms with E-state index in [9.17, 15) is 10.1 Å². The van der Waals surface area contributed by atoms with Crippen LogP contribution in [-0.2, 0) is 0 Å². The number of aromatic amines is 1. The third-order valence-electron chi connectivity index (χ3n) is 3.60. The molecule has 106 valence electrons. The number of hydrogen-bond donors (Lipinski definition) is 2. The fraction of sp³-hybridized carbons (Fsp3) is 0.133. The summed E-state index contributed by atoms with van der Waals surface area (Å²) < 4.78 is 0. The van der Waals surface area contributed by atoms with Crippen molar-refractivity contribution in [2.75, 3.05) is 5.73 Å². The number of benzene rings is 2. The second-order valence-electron chi connectivity index (χ2n) is 5.07. The number of hydrogen-bond acceptors (Lipinski definition) is 4. The first-order valence-electron chi connectivity index (χ1n) is 6.47. The number of nitrogen functional groups attached to an aromatic ring is 1. The SMILES string of the molecule is Cc1cc2nc(-c3ccc([N+](=O)[O-])cc3N)[nH]c2cc1C. The predicted octanol–water partition coefficient (Wildman–Crippen LogP) is 3.34. The van der Waals surface area contributed by atoms with E-state index < -0.39 is 4.92 Å². The highest BCUT2D eigenvalue weighted by molar-refractivity contribution is 5.84. The van der Waals surface area contributed by atoms with Gasteiger partial charge in [0, 0.05) is 23.4 Å². The van der Waals surface area contributed by atoms with Crippen LogP contribution in [0.2, 0.25) is 0 Å².